The van der Waals surface area contributed by atoms with Gasteiger partial charge in [0.15, 0.2) is 0 Å². The number of ether oxygens (including phenoxy) is 1. The molecule has 162 valence electrons. The minimum absolute atomic E-state index is 0. The van der Waals surface area contributed by atoms with Crippen LogP contribution in [0.25, 0.3) is 0 Å². The fourth-order valence-electron chi connectivity index (χ4n) is 4.12. The number of fused-ring (bicyclic) bond motifs is 1. The maximum atomic E-state index is 12.7. The molecule has 0 unspecified atom stereocenters. The van der Waals surface area contributed by atoms with E-state index in [2.05, 4.69) is 21.0 Å². The number of benzene rings is 2. The molecule has 4 rings (SSSR count). The zero-order chi connectivity index (χ0) is 20.2. The van der Waals surface area contributed by atoms with Gasteiger partial charge in [-0.3, -0.25) is 9.80 Å². The topological polar surface area (TPSA) is 44.8 Å². The summed E-state index contributed by atoms with van der Waals surface area (Å²) in [6.07, 6.45) is 2.56. The highest BCUT2D eigenvalue weighted by molar-refractivity contribution is 5.94. The quantitative estimate of drug-likeness (QED) is 0.751. The van der Waals surface area contributed by atoms with Crippen LogP contribution in [0.1, 0.15) is 24.0 Å². The van der Waals surface area contributed by atoms with Crippen molar-refractivity contribution in [3.63, 3.8) is 0 Å². The molecular formula is C22H26ClF2N3O2. The van der Waals surface area contributed by atoms with Crippen LogP contribution in [0.15, 0.2) is 48.5 Å². The van der Waals surface area contributed by atoms with Crippen LogP contribution in [0.5, 0.6) is 5.75 Å². The number of halogens is 3. The third kappa shape index (κ3) is 5.21. The number of amides is 2. The van der Waals surface area contributed by atoms with E-state index in [4.69, 9.17) is 0 Å². The van der Waals surface area contributed by atoms with Crippen molar-refractivity contribution < 1.29 is 18.3 Å². The average molecular weight is 438 g/mol. The summed E-state index contributed by atoms with van der Waals surface area (Å²) in [5.74, 6) is 0.227. The molecule has 2 aromatic carbocycles. The number of urea groups is 1. The van der Waals surface area contributed by atoms with E-state index in [9.17, 15) is 13.6 Å². The monoisotopic (exact) mass is 437 g/mol. The number of hydrogen-bond acceptors (Lipinski definition) is 3. The van der Waals surface area contributed by atoms with Crippen molar-refractivity contribution in [2.24, 2.45) is 0 Å². The van der Waals surface area contributed by atoms with Crippen molar-refractivity contribution in [2.45, 2.75) is 38.5 Å². The molecule has 2 aliphatic rings. The third-order valence-electron chi connectivity index (χ3n) is 5.63. The minimum atomic E-state index is -2.83. The number of alkyl halides is 2. The molecule has 5 nitrogen and oxygen atoms in total. The number of carbonyl (C=O) groups is 1. The molecule has 1 fully saturated rings. The molecular weight excluding hydrogens is 412 g/mol. The Labute approximate surface area is 181 Å². The van der Waals surface area contributed by atoms with E-state index in [0.717, 1.165) is 43.6 Å². The van der Waals surface area contributed by atoms with Crippen molar-refractivity contribution in [1.29, 1.82) is 0 Å². The first kappa shape index (κ1) is 22.3. The summed E-state index contributed by atoms with van der Waals surface area (Å²) < 4.78 is 29.8. The highest BCUT2D eigenvalue weighted by Gasteiger charge is 2.27. The van der Waals surface area contributed by atoms with Crippen LogP contribution in [0, 0.1) is 0 Å². The molecule has 2 aromatic rings. The number of nitrogens with one attached hydrogen (secondary N) is 1. The van der Waals surface area contributed by atoms with Crippen molar-refractivity contribution in [2.75, 3.05) is 24.5 Å². The van der Waals surface area contributed by atoms with Gasteiger partial charge in [0.2, 0.25) is 0 Å². The van der Waals surface area contributed by atoms with E-state index >= 15 is 0 Å². The first-order valence-electron chi connectivity index (χ1n) is 10.0. The first-order valence-corrected chi connectivity index (χ1v) is 10.0. The molecule has 30 heavy (non-hydrogen) atoms. The summed E-state index contributed by atoms with van der Waals surface area (Å²) in [6.45, 7) is 0.0381. The minimum Gasteiger partial charge on any atom is -0.434 e. The molecule has 0 saturated carbocycles. The smallest absolute Gasteiger partial charge is 0.387 e. The zero-order valence-electron chi connectivity index (χ0n) is 16.6. The van der Waals surface area contributed by atoms with E-state index in [1.165, 1.54) is 5.56 Å². The van der Waals surface area contributed by atoms with E-state index in [1.807, 2.05) is 35.2 Å². The predicted molar refractivity (Wildman–Crippen MR) is 115 cm³/mol. The molecule has 0 bridgehead atoms. The van der Waals surface area contributed by atoms with Gasteiger partial charge in [0.05, 0.1) is 0 Å². The molecule has 0 aliphatic carbocycles. The second kappa shape index (κ2) is 10.1. The highest BCUT2D eigenvalue weighted by Crippen LogP contribution is 2.28. The standard InChI is InChI=1S/C22H25F2N3O2.ClH/c23-21(24)29-20-8-4-2-6-17(20)15-26-12-10-18(11-13-26)25-22(28)27-14-9-16-5-1-3-7-19(16)27;/h1-8,18,21H,9-15H2,(H,25,28);1H. The lowest BCUT2D eigenvalue weighted by atomic mass is 10.0. The molecule has 1 N–H and O–H groups in total. The van der Waals surface area contributed by atoms with Gasteiger partial charge >= 0.3 is 12.6 Å². The molecule has 2 heterocycles. The Morgan fingerprint density at radius 1 is 1.07 bits per heavy atom. The Kier molecular flexibility index (Phi) is 7.50. The van der Waals surface area contributed by atoms with Gasteiger partial charge in [-0.2, -0.15) is 8.78 Å². The molecule has 0 radical (unpaired) electrons. The lowest BCUT2D eigenvalue weighted by molar-refractivity contribution is -0.0508. The summed E-state index contributed by atoms with van der Waals surface area (Å²) in [5.41, 5.74) is 2.96. The van der Waals surface area contributed by atoms with E-state index in [-0.39, 0.29) is 30.2 Å². The van der Waals surface area contributed by atoms with Crippen molar-refractivity contribution in [3.8, 4) is 5.75 Å². The molecule has 1 saturated heterocycles. The number of para-hydroxylation sites is 2. The molecule has 8 heteroatoms. The van der Waals surface area contributed by atoms with Gasteiger partial charge in [-0.1, -0.05) is 36.4 Å². The van der Waals surface area contributed by atoms with E-state index in [1.54, 1.807) is 12.1 Å². The van der Waals surface area contributed by atoms with Gasteiger partial charge in [-0.15, -0.1) is 12.4 Å². The third-order valence-corrected chi connectivity index (χ3v) is 5.63. The van der Waals surface area contributed by atoms with Crippen LogP contribution < -0.4 is 15.0 Å². The van der Waals surface area contributed by atoms with Crippen LogP contribution in [-0.2, 0) is 13.0 Å². The summed E-state index contributed by atoms with van der Waals surface area (Å²) in [6, 6.07) is 15.0. The van der Waals surface area contributed by atoms with Gasteiger partial charge in [0.1, 0.15) is 5.75 Å². The summed E-state index contributed by atoms with van der Waals surface area (Å²) in [4.78, 5) is 16.7. The second-order valence-electron chi connectivity index (χ2n) is 7.52. The highest BCUT2D eigenvalue weighted by atomic mass is 35.5. The number of nitrogens with zero attached hydrogens (tertiary/aromatic N) is 2. The molecule has 2 aliphatic heterocycles. The molecule has 0 spiro atoms. The lowest BCUT2D eigenvalue weighted by Crippen LogP contribution is -2.48. The number of piperidine rings is 1. The predicted octanol–water partition coefficient (Wildman–Crippen LogP) is 4.45. The largest absolute Gasteiger partial charge is 0.434 e. The summed E-state index contributed by atoms with van der Waals surface area (Å²) in [7, 11) is 0. The van der Waals surface area contributed by atoms with E-state index < -0.39 is 6.61 Å². The van der Waals surface area contributed by atoms with Crippen molar-refractivity contribution >= 4 is 24.1 Å². The molecule has 0 aromatic heterocycles. The summed E-state index contributed by atoms with van der Waals surface area (Å²) in [5, 5.41) is 3.16. The van der Waals surface area contributed by atoms with Gasteiger partial charge < -0.3 is 10.1 Å². The fraction of sp³-hybridized carbons (Fsp3) is 0.409. The van der Waals surface area contributed by atoms with E-state index in [0.29, 0.717) is 13.1 Å². The normalized spacial score (nSPS) is 16.8. The summed E-state index contributed by atoms with van der Waals surface area (Å²) >= 11 is 0. The number of hydrogen-bond donors (Lipinski definition) is 1. The number of carbonyl (C=O) groups excluding carboxylic acids is 1. The Morgan fingerprint density at radius 3 is 2.53 bits per heavy atom. The number of anilines is 1. The van der Waals surface area contributed by atoms with Crippen LogP contribution in [0.4, 0.5) is 19.3 Å². The lowest BCUT2D eigenvalue weighted by Gasteiger charge is -2.33. The second-order valence-corrected chi connectivity index (χ2v) is 7.52. The molecule has 0 atom stereocenters. The van der Waals surface area contributed by atoms with Gasteiger partial charge in [-0.05, 0) is 37.0 Å². The Morgan fingerprint density at radius 2 is 1.77 bits per heavy atom. The SMILES string of the molecule is Cl.O=C(NC1CCN(Cc2ccccc2OC(F)F)CC1)N1CCc2ccccc21. The van der Waals surface area contributed by atoms with Crippen LogP contribution in [0.2, 0.25) is 0 Å². The van der Waals surface area contributed by atoms with Gasteiger partial charge in [-0.25, -0.2) is 4.79 Å². The number of rotatable bonds is 5. The van der Waals surface area contributed by atoms with Crippen LogP contribution in [0.3, 0.4) is 0 Å². The van der Waals surface area contributed by atoms with Crippen molar-refractivity contribution in [1.82, 2.24) is 10.2 Å². The first-order chi connectivity index (χ1) is 14.1. The van der Waals surface area contributed by atoms with Crippen molar-refractivity contribution in [3.05, 3.63) is 59.7 Å². The average Bonchev–Trinajstić information content (AvgIpc) is 3.15. The van der Waals surface area contributed by atoms with Crippen LogP contribution in [-0.4, -0.2) is 43.2 Å². The Bertz CT molecular complexity index is 860. The van der Waals surface area contributed by atoms with Crippen LogP contribution >= 0.6 is 12.4 Å². The zero-order valence-corrected chi connectivity index (χ0v) is 17.4. The number of likely N-dealkylation sites (tertiary alicyclic amines) is 1. The Hall–Kier alpha value is -2.38. The fourth-order valence-corrected chi connectivity index (χ4v) is 4.12. The maximum absolute atomic E-state index is 12.7. The van der Waals surface area contributed by atoms with Gasteiger partial charge in [0.25, 0.3) is 0 Å². The molecule has 2 amide bonds. The Balaban J connectivity index is 0.00000256. The maximum Gasteiger partial charge on any atom is 0.387 e. The van der Waals surface area contributed by atoms with Gasteiger partial charge in [0, 0.05) is 43.5 Å².